The lowest BCUT2D eigenvalue weighted by molar-refractivity contribution is 0.332. The van der Waals surface area contributed by atoms with Crippen LogP contribution in [-0.2, 0) is 43.3 Å². The number of benzene rings is 6. The van der Waals surface area contributed by atoms with Gasteiger partial charge in [-0.2, -0.15) is 0 Å². The summed E-state index contributed by atoms with van der Waals surface area (Å²) in [6.45, 7) is 44.0. The molecule has 77 heavy (non-hydrogen) atoms. The topological polar surface area (TPSA) is 28.4 Å². The Hall–Kier alpha value is -5.26. The van der Waals surface area contributed by atoms with Crippen molar-refractivity contribution >= 4 is 89.3 Å². The average molecular weight is 1040 g/mol. The van der Waals surface area contributed by atoms with Gasteiger partial charge in [-0.1, -0.05) is 129 Å². The molecule has 3 nitrogen and oxygen atoms in total. The molecule has 0 unspecified atom stereocenters. The predicted molar refractivity (Wildman–Crippen MR) is 336 cm³/mol. The molecule has 0 saturated heterocycles. The summed E-state index contributed by atoms with van der Waals surface area (Å²) in [4.78, 5) is 2.75. The molecule has 0 atom stereocenters. The number of furan rings is 1. The summed E-state index contributed by atoms with van der Waals surface area (Å²) in [5, 5.41) is 7.97. The first kappa shape index (κ1) is 51.2. The lowest BCUT2D eigenvalue weighted by Gasteiger charge is -2.44. The van der Waals surface area contributed by atoms with E-state index in [1.54, 1.807) is 0 Å². The lowest BCUT2D eigenvalue weighted by atomic mass is 9.61. The summed E-state index contributed by atoms with van der Waals surface area (Å²) >= 11 is 2.04. The van der Waals surface area contributed by atoms with Crippen LogP contribution in [0.15, 0.2) is 83.3 Å². The van der Waals surface area contributed by atoms with Crippen LogP contribution in [0.3, 0.4) is 0 Å². The summed E-state index contributed by atoms with van der Waals surface area (Å²) in [6.07, 6.45) is 9.49. The third kappa shape index (κ3) is 7.75. The van der Waals surface area contributed by atoms with E-state index < -0.39 is 0 Å². The van der Waals surface area contributed by atoms with E-state index in [2.05, 4.69) is 214 Å². The minimum Gasteiger partial charge on any atom is -0.456 e. The molecule has 5 heteroatoms. The summed E-state index contributed by atoms with van der Waals surface area (Å²) in [6, 6.07) is 32.5. The van der Waals surface area contributed by atoms with Crippen LogP contribution in [0.2, 0.25) is 0 Å². The number of nitrogens with zero attached hydrogens (tertiary/aromatic N) is 1. The molecule has 1 N–H and O–H groups in total. The highest BCUT2D eigenvalue weighted by Crippen LogP contribution is 2.55. The Morgan fingerprint density at radius 1 is 0.442 bits per heavy atom. The molecule has 5 aliphatic rings. The van der Waals surface area contributed by atoms with Crippen LogP contribution in [0.4, 0.5) is 28.4 Å². The second kappa shape index (κ2) is 16.2. The van der Waals surface area contributed by atoms with Crippen LogP contribution < -0.4 is 20.5 Å². The molecule has 6 aromatic carbocycles. The highest BCUT2D eigenvalue weighted by Gasteiger charge is 2.43. The molecule has 4 aliphatic carbocycles. The van der Waals surface area contributed by atoms with Crippen LogP contribution in [0.25, 0.3) is 43.2 Å². The van der Waals surface area contributed by atoms with E-state index >= 15 is 0 Å². The smallest absolute Gasteiger partial charge is 0.211 e. The fourth-order valence-electron chi connectivity index (χ4n) is 15.5. The van der Waals surface area contributed by atoms with Crippen molar-refractivity contribution in [2.24, 2.45) is 0 Å². The summed E-state index contributed by atoms with van der Waals surface area (Å²) in [7, 11) is 0.854. The molecule has 3 heterocycles. The maximum atomic E-state index is 7.18. The van der Waals surface area contributed by atoms with Gasteiger partial charge in [0.2, 0.25) is 7.28 Å². The Morgan fingerprint density at radius 3 is 1.49 bits per heavy atom. The Kier molecular flexibility index (Phi) is 10.8. The maximum Gasteiger partial charge on any atom is 0.211 e. The van der Waals surface area contributed by atoms with Gasteiger partial charge in [-0.25, -0.2) is 0 Å². The molecule has 0 bridgehead atoms. The van der Waals surface area contributed by atoms with Crippen molar-refractivity contribution in [3.8, 4) is 11.1 Å². The van der Waals surface area contributed by atoms with Gasteiger partial charge >= 0.3 is 0 Å². The molecule has 0 radical (unpaired) electrons. The van der Waals surface area contributed by atoms with Gasteiger partial charge in [0.05, 0.1) is 5.69 Å². The van der Waals surface area contributed by atoms with E-state index in [-0.39, 0.29) is 43.3 Å². The number of rotatable bonds is 4. The first-order chi connectivity index (χ1) is 35.9. The van der Waals surface area contributed by atoms with Gasteiger partial charge in [-0.15, -0.1) is 11.3 Å². The summed E-state index contributed by atoms with van der Waals surface area (Å²) in [5.41, 5.74) is 27.3. The van der Waals surface area contributed by atoms with Crippen LogP contribution in [0.5, 0.6) is 0 Å². The van der Waals surface area contributed by atoms with Crippen molar-refractivity contribution < 1.29 is 4.42 Å². The van der Waals surface area contributed by atoms with Crippen molar-refractivity contribution in [1.29, 1.82) is 0 Å². The number of anilines is 5. The average Bonchev–Trinajstić information content (AvgIpc) is 3.90. The van der Waals surface area contributed by atoms with E-state index in [1.165, 1.54) is 166 Å². The molecular formula is C72H85BN2OS. The third-order valence-corrected chi connectivity index (χ3v) is 22.4. The Balaban J connectivity index is 1.09. The highest BCUT2D eigenvalue weighted by atomic mass is 32.1. The van der Waals surface area contributed by atoms with Gasteiger partial charge < -0.3 is 14.6 Å². The van der Waals surface area contributed by atoms with Gasteiger partial charge in [0, 0.05) is 49.2 Å². The second-order valence-electron chi connectivity index (χ2n) is 30.6. The van der Waals surface area contributed by atoms with Crippen molar-refractivity contribution in [2.75, 3.05) is 10.2 Å². The number of hydrogen-bond donors (Lipinski definition) is 1. The maximum absolute atomic E-state index is 7.18. The second-order valence-corrected chi connectivity index (χ2v) is 31.8. The number of nitrogens with one attached hydrogen (secondary N) is 1. The number of hydrogen-bond acceptors (Lipinski definition) is 4. The van der Waals surface area contributed by atoms with Gasteiger partial charge in [-0.3, -0.25) is 0 Å². The molecule has 0 amide bonds. The predicted octanol–water partition coefficient (Wildman–Crippen LogP) is 19.4. The first-order valence-corrected chi connectivity index (χ1v) is 30.4. The lowest BCUT2D eigenvalue weighted by Crippen LogP contribution is -2.40. The van der Waals surface area contributed by atoms with E-state index in [4.69, 9.17) is 4.42 Å². The minimum atomic E-state index is 0.0624. The molecule has 0 spiro atoms. The van der Waals surface area contributed by atoms with E-state index in [0.717, 1.165) is 29.8 Å². The first-order valence-electron chi connectivity index (χ1n) is 29.5. The molecule has 8 aromatic rings. The summed E-state index contributed by atoms with van der Waals surface area (Å²) in [5.74, 6) is 0. The van der Waals surface area contributed by atoms with Gasteiger partial charge in [0.15, 0.2) is 0 Å². The molecule has 1 aliphatic heterocycles. The number of fused-ring (bicyclic) bond motifs is 11. The zero-order valence-electron chi connectivity index (χ0n) is 50.1. The van der Waals surface area contributed by atoms with Crippen LogP contribution >= 0.6 is 11.3 Å². The van der Waals surface area contributed by atoms with E-state index in [0.29, 0.717) is 0 Å². The quantitative estimate of drug-likeness (QED) is 0.178. The van der Waals surface area contributed by atoms with Crippen LogP contribution in [0, 0.1) is 13.8 Å². The van der Waals surface area contributed by atoms with E-state index in [9.17, 15) is 0 Å². The molecule has 13 rings (SSSR count). The van der Waals surface area contributed by atoms with Crippen molar-refractivity contribution in [3.05, 3.63) is 134 Å². The Morgan fingerprint density at radius 2 is 0.909 bits per heavy atom. The summed E-state index contributed by atoms with van der Waals surface area (Å²) < 4.78 is 10.0. The minimum absolute atomic E-state index is 0.0624. The van der Waals surface area contributed by atoms with Crippen molar-refractivity contribution in [3.63, 3.8) is 0 Å². The fourth-order valence-corrected chi connectivity index (χ4v) is 16.7. The third-order valence-electron chi connectivity index (χ3n) is 21.3. The Labute approximate surface area is 466 Å². The molecular weight excluding hydrogens is 952 g/mol. The Bertz CT molecular complexity index is 3860. The van der Waals surface area contributed by atoms with Gasteiger partial charge in [0.25, 0.3) is 0 Å². The van der Waals surface area contributed by atoms with Crippen molar-refractivity contribution in [1.82, 2.24) is 0 Å². The van der Waals surface area contributed by atoms with Crippen LogP contribution in [-0.4, -0.2) is 7.28 Å². The van der Waals surface area contributed by atoms with Gasteiger partial charge in [-0.05, 0) is 241 Å². The van der Waals surface area contributed by atoms with Crippen LogP contribution in [0.1, 0.15) is 218 Å². The largest absolute Gasteiger partial charge is 0.456 e. The fraction of sp³-hybridized carbons (Fsp3) is 0.472. The number of thiophene rings is 1. The molecule has 398 valence electrons. The number of aryl methyl sites for hydroxylation is 2. The van der Waals surface area contributed by atoms with Gasteiger partial charge in [0.1, 0.15) is 11.2 Å². The monoisotopic (exact) mass is 1040 g/mol. The molecule has 0 saturated carbocycles. The SMILES string of the molecule is Cc1cc(-c2cc3oc4cc5c(cc4c3cc2Nc2ccc3c(c2)C(C)(C)CCC3(C)C)C(C)(C)CCC5(C)C)c2c(c1)N(c1cc3c(cc1C)C(C)(C)CCC3(C)C)c1c(sc3cc4c(cc13)C(C)(C)CCC4(C)C)B2. The standard InChI is InChI=1S/C72H85BN2OS/c1-40-29-46(43-36-59-45(44-33-51-54(38-60(44)76-59)71(15,16)27-24-68(51,9)10)35-56(43)74-42-19-20-48-50(32-42)67(7,8)22-21-65(48,3)4)62-58(30-40)75(57-37-53-49(31-41(57)2)66(5,6)23-26-70(53,13)14)63-47-34-52-55(39-61(47)77-64(63)73-62)72(17,18)28-25-69(52,11)12/h19-20,29-39,73-74H,21-28H2,1-18H3. The molecule has 2 aromatic heterocycles. The molecule has 0 fully saturated rings. The normalized spacial score (nSPS) is 21.4. The zero-order valence-corrected chi connectivity index (χ0v) is 50.9. The van der Waals surface area contributed by atoms with E-state index in [1.807, 2.05) is 11.3 Å². The zero-order chi connectivity index (χ0) is 54.7. The highest BCUT2D eigenvalue weighted by molar-refractivity contribution is 7.29. The van der Waals surface area contributed by atoms with Crippen molar-refractivity contribution in [2.45, 2.75) is 219 Å².